The van der Waals surface area contributed by atoms with Crippen molar-refractivity contribution in [3.8, 4) is 0 Å². The number of nitrogens with one attached hydrogen (secondary N) is 1. The maximum absolute atomic E-state index is 13.7. The van der Waals surface area contributed by atoms with Gasteiger partial charge in [0.2, 0.25) is 0 Å². The molecule has 3 N–H and O–H groups in total. The van der Waals surface area contributed by atoms with E-state index in [4.69, 9.17) is 9.84 Å². The normalized spacial score (nSPS) is 18.6. The molecule has 6 rings (SSSR count). The Balaban J connectivity index is 0.000000184. The molecule has 0 saturated heterocycles. The van der Waals surface area contributed by atoms with Crippen LogP contribution in [0.5, 0.6) is 0 Å². The lowest BCUT2D eigenvalue weighted by atomic mass is 9.86. The zero-order valence-corrected chi connectivity index (χ0v) is 27.2. The third kappa shape index (κ3) is 6.54. The standard InChI is InChI=1S/C20H17FO3S.C17H21NO3/c1-12-17(9-13-3-6-15(7-4-13)25(2)24)16-8-5-14(21)10-19(16)18(12)11-20(22)23;1-3-11-6-5-7-12-13-8-9-21-17(4-2,10-14(19)20)16(13)18-15(11)12/h3-10H,11H2,1-2H3,(H,22,23);5-7,18H,3-4,8-10H2,1-2H3,(H,19,20)/b17-9-;. The van der Waals surface area contributed by atoms with Crippen LogP contribution >= 0.6 is 0 Å². The maximum Gasteiger partial charge on any atom is 0.307 e. The van der Waals surface area contributed by atoms with Crippen LogP contribution in [0.15, 0.2) is 71.1 Å². The number of carboxylic acids is 2. The molecular weight excluding hydrogens is 605 g/mol. The Hall–Kier alpha value is -4.18. The zero-order chi connectivity index (χ0) is 33.2. The van der Waals surface area contributed by atoms with Crippen molar-refractivity contribution in [2.24, 2.45) is 0 Å². The summed E-state index contributed by atoms with van der Waals surface area (Å²) in [4.78, 5) is 26.7. The van der Waals surface area contributed by atoms with E-state index in [0.717, 1.165) is 51.2 Å². The van der Waals surface area contributed by atoms with E-state index >= 15 is 0 Å². The highest BCUT2D eigenvalue weighted by atomic mass is 32.2. The minimum Gasteiger partial charge on any atom is -0.612 e. The molecule has 1 aliphatic carbocycles. The molecule has 0 saturated carbocycles. The molecule has 240 valence electrons. The second-order valence-corrected chi connectivity index (χ2v) is 13.0. The topological polar surface area (TPSA) is 123 Å². The minimum atomic E-state index is -1.04. The van der Waals surface area contributed by atoms with Gasteiger partial charge in [-0.15, -0.1) is 0 Å². The van der Waals surface area contributed by atoms with Gasteiger partial charge >= 0.3 is 11.9 Å². The van der Waals surface area contributed by atoms with Crippen LogP contribution in [0, 0.1) is 5.82 Å². The van der Waals surface area contributed by atoms with Crippen LogP contribution in [0.2, 0.25) is 0 Å². The van der Waals surface area contributed by atoms with Crippen LogP contribution in [0.1, 0.15) is 73.5 Å². The molecule has 0 bridgehead atoms. The van der Waals surface area contributed by atoms with Crippen LogP contribution in [-0.2, 0) is 43.9 Å². The highest BCUT2D eigenvalue weighted by molar-refractivity contribution is 7.90. The molecule has 2 heterocycles. The van der Waals surface area contributed by atoms with Crippen molar-refractivity contribution < 1.29 is 33.5 Å². The summed E-state index contributed by atoms with van der Waals surface area (Å²) in [6.07, 6.45) is 5.88. The first-order valence-electron chi connectivity index (χ1n) is 15.3. The number of fused-ring (bicyclic) bond motifs is 4. The van der Waals surface area contributed by atoms with E-state index in [1.807, 2.05) is 32.1 Å². The van der Waals surface area contributed by atoms with Crippen molar-refractivity contribution >= 4 is 51.2 Å². The Morgan fingerprint density at radius 1 is 1.07 bits per heavy atom. The quantitative estimate of drug-likeness (QED) is 0.169. The molecule has 2 atom stereocenters. The SMILES string of the molecule is CC1=C(CC(=O)O)c2cc(F)ccc2/C1=C\c1ccc([S+](C)[O-])cc1.CCc1cccc2c3c([nH]c12)C(CC)(CC(=O)O)OCC3. The molecule has 0 radical (unpaired) electrons. The lowest BCUT2D eigenvalue weighted by Gasteiger charge is -2.35. The van der Waals surface area contributed by atoms with Crippen molar-refractivity contribution in [3.05, 3.63) is 106 Å². The third-order valence-corrected chi connectivity index (χ3v) is 9.84. The first-order valence-corrected chi connectivity index (χ1v) is 16.9. The monoisotopic (exact) mass is 643 g/mol. The van der Waals surface area contributed by atoms with Crippen LogP contribution in [0.25, 0.3) is 28.1 Å². The highest BCUT2D eigenvalue weighted by Crippen LogP contribution is 2.44. The summed E-state index contributed by atoms with van der Waals surface area (Å²) >= 11 is -1.04. The van der Waals surface area contributed by atoms with E-state index in [0.29, 0.717) is 24.2 Å². The Kier molecular flexibility index (Phi) is 9.86. The molecule has 1 aromatic heterocycles. The second kappa shape index (κ2) is 13.7. The molecule has 3 aromatic carbocycles. The first-order chi connectivity index (χ1) is 22.0. The van der Waals surface area contributed by atoms with E-state index in [1.54, 1.807) is 24.5 Å². The van der Waals surface area contributed by atoms with E-state index < -0.39 is 28.7 Å². The number of rotatable bonds is 8. The van der Waals surface area contributed by atoms with Gasteiger partial charge in [-0.3, -0.25) is 9.59 Å². The van der Waals surface area contributed by atoms with Gasteiger partial charge in [0.1, 0.15) is 17.7 Å². The number of carbonyl (C=O) groups is 2. The van der Waals surface area contributed by atoms with Gasteiger partial charge in [0.05, 0.1) is 25.1 Å². The summed E-state index contributed by atoms with van der Waals surface area (Å²) in [7, 11) is 0. The van der Waals surface area contributed by atoms with Gasteiger partial charge < -0.3 is 24.5 Å². The lowest BCUT2D eigenvalue weighted by Crippen LogP contribution is -2.37. The number of halogens is 1. The molecule has 2 aliphatic rings. The number of aryl methyl sites for hydroxylation is 1. The molecule has 0 amide bonds. The van der Waals surface area contributed by atoms with Crippen molar-refractivity contribution in [3.63, 3.8) is 0 Å². The number of hydrogen-bond acceptors (Lipinski definition) is 4. The summed E-state index contributed by atoms with van der Waals surface area (Å²) in [5, 5.41) is 19.7. The van der Waals surface area contributed by atoms with Crippen LogP contribution in [0.3, 0.4) is 0 Å². The second-order valence-electron chi connectivity index (χ2n) is 11.6. The van der Waals surface area contributed by atoms with Gasteiger partial charge in [0.15, 0.2) is 4.90 Å². The zero-order valence-electron chi connectivity index (χ0n) is 26.4. The Labute approximate surface area is 271 Å². The predicted octanol–water partition coefficient (Wildman–Crippen LogP) is 7.75. The summed E-state index contributed by atoms with van der Waals surface area (Å²) in [5.41, 5.74) is 8.63. The van der Waals surface area contributed by atoms with E-state index in [2.05, 4.69) is 30.1 Å². The number of hydrogen-bond donors (Lipinski definition) is 3. The largest absolute Gasteiger partial charge is 0.612 e. The number of benzene rings is 3. The van der Waals surface area contributed by atoms with E-state index in [9.17, 15) is 23.6 Å². The van der Waals surface area contributed by atoms with Gasteiger partial charge in [-0.25, -0.2) is 4.39 Å². The van der Waals surface area contributed by atoms with Crippen LogP contribution < -0.4 is 0 Å². The van der Waals surface area contributed by atoms with Gasteiger partial charge in [-0.1, -0.05) is 38.1 Å². The molecule has 4 aromatic rings. The fourth-order valence-electron chi connectivity index (χ4n) is 6.54. The van der Waals surface area contributed by atoms with Gasteiger partial charge in [0, 0.05) is 10.9 Å². The average molecular weight is 644 g/mol. The number of ether oxygens (including phenoxy) is 1. The first kappa shape index (κ1) is 33.2. The molecule has 7 nitrogen and oxygen atoms in total. The van der Waals surface area contributed by atoms with Crippen molar-refractivity contribution in [1.29, 1.82) is 0 Å². The van der Waals surface area contributed by atoms with Crippen LogP contribution in [0.4, 0.5) is 4.39 Å². The van der Waals surface area contributed by atoms with Gasteiger partial charge in [0.25, 0.3) is 0 Å². The van der Waals surface area contributed by atoms with Crippen molar-refractivity contribution in [1.82, 2.24) is 4.98 Å². The van der Waals surface area contributed by atoms with E-state index in [1.165, 1.54) is 28.6 Å². The fourth-order valence-corrected chi connectivity index (χ4v) is 7.06. The number of aliphatic carboxylic acids is 2. The number of aromatic amines is 1. The van der Waals surface area contributed by atoms with Gasteiger partial charge in [-0.05, 0) is 124 Å². The molecular formula is C37H38FNO6S. The number of aromatic nitrogens is 1. The average Bonchev–Trinajstić information content (AvgIpc) is 3.53. The molecule has 0 spiro atoms. The number of para-hydroxylation sites is 1. The number of allylic oxidation sites excluding steroid dienone is 2. The fraction of sp³-hybridized carbons (Fsp3) is 0.297. The molecule has 1 aliphatic heterocycles. The third-order valence-electron chi connectivity index (χ3n) is 8.91. The molecule has 2 unspecified atom stereocenters. The Bertz CT molecular complexity index is 1860. The lowest BCUT2D eigenvalue weighted by molar-refractivity contribution is -0.148. The molecule has 0 fully saturated rings. The summed E-state index contributed by atoms with van der Waals surface area (Å²) in [5.74, 6) is -2.15. The van der Waals surface area contributed by atoms with Crippen molar-refractivity contribution in [2.45, 2.75) is 63.4 Å². The Morgan fingerprint density at radius 3 is 2.43 bits per heavy atom. The van der Waals surface area contributed by atoms with Crippen molar-refractivity contribution in [2.75, 3.05) is 12.9 Å². The minimum absolute atomic E-state index is 0.00474. The molecule has 46 heavy (non-hydrogen) atoms. The van der Waals surface area contributed by atoms with Gasteiger partial charge in [-0.2, -0.15) is 0 Å². The Morgan fingerprint density at radius 2 is 1.80 bits per heavy atom. The number of H-pyrrole nitrogens is 1. The molecule has 9 heteroatoms. The summed E-state index contributed by atoms with van der Waals surface area (Å²) in [6, 6.07) is 18.1. The summed E-state index contributed by atoms with van der Waals surface area (Å²) in [6.45, 7) is 6.56. The predicted molar refractivity (Wildman–Crippen MR) is 179 cm³/mol. The van der Waals surface area contributed by atoms with E-state index in [-0.39, 0.29) is 18.7 Å². The highest BCUT2D eigenvalue weighted by Gasteiger charge is 2.41. The maximum atomic E-state index is 13.7. The number of carboxylic acid groups (broad SMARTS) is 2. The smallest absolute Gasteiger partial charge is 0.307 e. The summed E-state index contributed by atoms with van der Waals surface area (Å²) < 4.78 is 31.1. The van der Waals surface area contributed by atoms with Crippen LogP contribution in [-0.4, -0.2) is 44.6 Å².